The van der Waals surface area contributed by atoms with Gasteiger partial charge in [0.2, 0.25) is 0 Å². The van der Waals surface area contributed by atoms with Gasteiger partial charge < -0.3 is 10.4 Å². The van der Waals surface area contributed by atoms with E-state index in [4.69, 9.17) is 16.7 Å². The maximum Gasteiger partial charge on any atom is 0.335 e. The molecule has 2 N–H and O–H groups in total. The molecule has 2 aromatic rings. The SMILES string of the molecule is Cc1cc(C(=O)Nc2cc(C(=O)O)ccc2C)ccc1Cl. The van der Waals surface area contributed by atoms with E-state index in [9.17, 15) is 9.59 Å². The third kappa shape index (κ3) is 3.41. The fraction of sp³-hybridized carbons (Fsp3) is 0.125. The van der Waals surface area contributed by atoms with E-state index in [1.54, 1.807) is 31.2 Å². The summed E-state index contributed by atoms with van der Waals surface area (Å²) in [5, 5.41) is 12.3. The number of nitrogens with one attached hydrogen (secondary N) is 1. The molecule has 5 heteroatoms. The monoisotopic (exact) mass is 303 g/mol. The molecule has 21 heavy (non-hydrogen) atoms. The van der Waals surface area contributed by atoms with Crippen LogP contribution in [0.25, 0.3) is 0 Å². The van der Waals surface area contributed by atoms with E-state index in [0.29, 0.717) is 16.3 Å². The fourth-order valence-corrected chi connectivity index (χ4v) is 1.99. The highest BCUT2D eigenvalue weighted by Gasteiger charge is 2.11. The summed E-state index contributed by atoms with van der Waals surface area (Å²) in [6.45, 7) is 3.61. The number of carbonyl (C=O) groups is 2. The molecule has 0 aliphatic carbocycles. The van der Waals surface area contributed by atoms with Gasteiger partial charge in [-0.05, 0) is 55.3 Å². The zero-order valence-corrected chi connectivity index (χ0v) is 12.4. The summed E-state index contributed by atoms with van der Waals surface area (Å²) in [7, 11) is 0. The lowest BCUT2D eigenvalue weighted by molar-refractivity contribution is 0.0696. The van der Waals surface area contributed by atoms with Crippen LogP contribution in [-0.2, 0) is 0 Å². The number of hydrogen-bond donors (Lipinski definition) is 2. The van der Waals surface area contributed by atoms with E-state index in [-0.39, 0.29) is 11.5 Å². The highest BCUT2D eigenvalue weighted by Crippen LogP contribution is 2.20. The van der Waals surface area contributed by atoms with Crippen LogP contribution in [0.15, 0.2) is 36.4 Å². The lowest BCUT2D eigenvalue weighted by Crippen LogP contribution is -2.13. The molecule has 0 bridgehead atoms. The highest BCUT2D eigenvalue weighted by molar-refractivity contribution is 6.31. The molecule has 0 fully saturated rings. The summed E-state index contributed by atoms with van der Waals surface area (Å²) in [5.41, 5.74) is 2.67. The molecular weight excluding hydrogens is 290 g/mol. The first-order valence-corrected chi connectivity index (χ1v) is 6.67. The Labute approximate surface area is 127 Å². The smallest absolute Gasteiger partial charge is 0.335 e. The summed E-state index contributed by atoms with van der Waals surface area (Å²) >= 11 is 5.93. The number of aryl methyl sites for hydroxylation is 2. The van der Waals surface area contributed by atoms with Crippen LogP contribution in [-0.4, -0.2) is 17.0 Å². The van der Waals surface area contributed by atoms with Gasteiger partial charge in [0.15, 0.2) is 0 Å². The number of anilines is 1. The van der Waals surface area contributed by atoms with Crippen molar-refractivity contribution in [3.8, 4) is 0 Å². The fourth-order valence-electron chi connectivity index (χ4n) is 1.87. The summed E-state index contributed by atoms with van der Waals surface area (Å²) in [6, 6.07) is 9.58. The van der Waals surface area contributed by atoms with Crippen LogP contribution >= 0.6 is 11.6 Å². The van der Waals surface area contributed by atoms with Crippen molar-refractivity contribution in [3.05, 3.63) is 63.7 Å². The van der Waals surface area contributed by atoms with Gasteiger partial charge >= 0.3 is 5.97 Å². The number of aromatic carboxylic acids is 1. The van der Waals surface area contributed by atoms with E-state index in [0.717, 1.165) is 11.1 Å². The molecule has 0 radical (unpaired) electrons. The van der Waals surface area contributed by atoms with E-state index in [1.807, 2.05) is 6.92 Å². The molecule has 0 atom stereocenters. The number of amides is 1. The standard InChI is InChI=1S/C16H14ClNO3/c1-9-3-4-12(16(20)21)8-14(9)18-15(19)11-5-6-13(17)10(2)7-11/h3-8H,1-2H3,(H,18,19)(H,20,21). The van der Waals surface area contributed by atoms with E-state index >= 15 is 0 Å². The highest BCUT2D eigenvalue weighted by atomic mass is 35.5. The minimum absolute atomic E-state index is 0.128. The van der Waals surface area contributed by atoms with Gasteiger partial charge in [-0.3, -0.25) is 4.79 Å². The number of carboxylic acids is 1. The summed E-state index contributed by atoms with van der Waals surface area (Å²) in [6.07, 6.45) is 0. The van der Waals surface area contributed by atoms with Gasteiger partial charge in [0, 0.05) is 16.3 Å². The molecule has 0 spiro atoms. The van der Waals surface area contributed by atoms with Crippen molar-refractivity contribution in [2.75, 3.05) is 5.32 Å². The molecule has 108 valence electrons. The third-order valence-corrected chi connectivity index (χ3v) is 3.58. The van der Waals surface area contributed by atoms with Crippen molar-refractivity contribution in [1.29, 1.82) is 0 Å². The van der Waals surface area contributed by atoms with E-state index < -0.39 is 5.97 Å². The summed E-state index contributed by atoms with van der Waals surface area (Å²) < 4.78 is 0. The Morgan fingerprint density at radius 2 is 1.67 bits per heavy atom. The number of carbonyl (C=O) groups excluding carboxylic acids is 1. The zero-order valence-electron chi connectivity index (χ0n) is 11.6. The molecule has 0 heterocycles. The van der Waals surface area contributed by atoms with Crippen LogP contribution in [0.2, 0.25) is 5.02 Å². The number of rotatable bonds is 3. The first-order valence-electron chi connectivity index (χ1n) is 6.30. The summed E-state index contributed by atoms with van der Waals surface area (Å²) in [5.74, 6) is -1.34. The molecule has 4 nitrogen and oxygen atoms in total. The Kier molecular flexibility index (Phi) is 4.29. The molecule has 0 unspecified atom stereocenters. The molecule has 2 rings (SSSR count). The van der Waals surface area contributed by atoms with Gasteiger partial charge in [0.25, 0.3) is 5.91 Å². The lowest BCUT2D eigenvalue weighted by Gasteiger charge is -2.10. The van der Waals surface area contributed by atoms with Gasteiger partial charge in [-0.15, -0.1) is 0 Å². The Balaban J connectivity index is 2.28. The largest absolute Gasteiger partial charge is 0.478 e. The van der Waals surface area contributed by atoms with Gasteiger partial charge in [0.1, 0.15) is 0 Å². The minimum Gasteiger partial charge on any atom is -0.478 e. The summed E-state index contributed by atoms with van der Waals surface area (Å²) in [4.78, 5) is 23.2. The molecule has 0 aliphatic heterocycles. The molecule has 0 aromatic heterocycles. The van der Waals surface area contributed by atoms with Crippen molar-refractivity contribution in [2.45, 2.75) is 13.8 Å². The molecule has 0 aliphatic rings. The average Bonchev–Trinajstić information content (AvgIpc) is 2.43. The van der Waals surface area contributed by atoms with Gasteiger partial charge in [-0.25, -0.2) is 4.79 Å². The van der Waals surface area contributed by atoms with Crippen molar-refractivity contribution in [2.24, 2.45) is 0 Å². The normalized spacial score (nSPS) is 10.2. The van der Waals surface area contributed by atoms with Gasteiger partial charge in [-0.1, -0.05) is 17.7 Å². The Morgan fingerprint density at radius 1 is 1.00 bits per heavy atom. The number of carboxylic acid groups (broad SMARTS) is 1. The molecule has 2 aromatic carbocycles. The van der Waals surface area contributed by atoms with Crippen LogP contribution in [0.1, 0.15) is 31.8 Å². The van der Waals surface area contributed by atoms with E-state index in [2.05, 4.69) is 5.32 Å². The van der Waals surface area contributed by atoms with Gasteiger partial charge in [0.05, 0.1) is 5.56 Å². The predicted octanol–water partition coefficient (Wildman–Crippen LogP) is 3.91. The molecule has 0 saturated carbocycles. The maximum atomic E-state index is 12.2. The second kappa shape index (κ2) is 5.97. The zero-order chi connectivity index (χ0) is 15.6. The van der Waals surface area contributed by atoms with Crippen molar-refractivity contribution < 1.29 is 14.7 Å². The first-order chi connectivity index (χ1) is 9.88. The number of benzene rings is 2. The van der Waals surface area contributed by atoms with Crippen molar-refractivity contribution >= 4 is 29.2 Å². The van der Waals surface area contributed by atoms with Crippen molar-refractivity contribution in [1.82, 2.24) is 0 Å². The Hall–Kier alpha value is -2.33. The average molecular weight is 304 g/mol. The number of hydrogen-bond acceptors (Lipinski definition) is 2. The minimum atomic E-state index is -1.03. The Bertz CT molecular complexity index is 725. The van der Waals surface area contributed by atoms with E-state index in [1.165, 1.54) is 12.1 Å². The van der Waals surface area contributed by atoms with Crippen LogP contribution in [0.5, 0.6) is 0 Å². The topological polar surface area (TPSA) is 66.4 Å². The quantitative estimate of drug-likeness (QED) is 0.903. The lowest BCUT2D eigenvalue weighted by atomic mass is 10.1. The predicted molar refractivity (Wildman–Crippen MR) is 82.3 cm³/mol. The van der Waals surface area contributed by atoms with Crippen LogP contribution in [0.3, 0.4) is 0 Å². The second-order valence-corrected chi connectivity index (χ2v) is 5.16. The molecular formula is C16H14ClNO3. The van der Waals surface area contributed by atoms with Gasteiger partial charge in [-0.2, -0.15) is 0 Å². The van der Waals surface area contributed by atoms with Crippen LogP contribution < -0.4 is 5.32 Å². The molecule has 0 saturated heterocycles. The number of halogens is 1. The Morgan fingerprint density at radius 3 is 2.29 bits per heavy atom. The molecule has 1 amide bonds. The second-order valence-electron chi connectivity index (χ2n) is 4.75. The first kappa shape index (κ1) is 15.1. The third-order valence-electron chi connectivity index (χ3n) is 3.15. The van der Waals surface area contributed by atoms with Crippen molar-refractivity contribution in [3.63, 3.8) is 0 Å². The van der Waals surface area contributed by atoms with Crippen LogP contribution in [0, 0.1) is 13.8 Å². The van der Waals surface area contributed by atoms with Crippen LogP contribution in [0.4, 0.5) is 5.69 Å². The maximum absolute atomic E-state index is 12.2.